The summed E-state index contributed by atoms with van der Waals surface area (Å²) in [5.74, 6) is 0.424. The molecule has 20 heavy (non-hydrogen) atoms. The molecule has 1 aliphatic carbocycles. The molecule has 0 radical (unpaired) electrons. The van der Waals surface area contributed by atoms with E-state index in [9.17, 15) is 5.26 Å². The molecule has 0 spiro atoms. The van der Waals surface area contributed by atoms with E-state index in [0.29, 0.717) is 19.1 Å². The molecule has 0 aromatic rings. The second-order valence-electron chi connectivity index (χ2n) is 5.57. The van der Waals surface area contributed by atoms with Crippen LogP contribution in [0.15, 0.2) is 0 Å². The molecule has 0 amide bonds. The normalized spacial score (nSPS) is 25.8. The number of hydrogen-bond acceptors (Lipinski definition) is 4. The molecule has 116 valence electrons. The van der Waals surface area contributed by atoms with Crippen LogP contribution >= 0.6 is 0 Å². The van der Waals surface area contributed by atoms with Gasteiger partial charge in [-0.15, -0.1) is 0 Å². The molecule has 0 bridgehead atoms. The highest BCUT2D eigenvalue weighted by atomic mass is 16.5. The molecular weight excluding hydrogens is 252 g/mol. The zero-order valence-electron chi connectivity index (χ0n) is 13.1. The number of hydrogen-bond donors (Lipinski definition) is 1. The van der Waals surface area contributed by atoms with Gasteiger partial charge in [0.05, 0.1) is 19.3 Å². The second kappa shape index (κ2) is 10.1. The molecule has 2 unspecified atom stereocenters. The van der Waals surface area contributed by atoms with E-state index in [1.165, 1.54) is 6.42 Å². The number of rotatable bonds is 11. The van der Waals surface area contributed by atoms with Crippen LogP contribution < -0.4 is 5.32 Å². The first-order valence-corrected chi connectivity index (χ1v) is 8.10. The fraction of sp³-hybridized carbons (Fsp3) is 0.938. The number of nitriles is 1. The SMILES string of the molecule is CCCCOCCOCCC1CCCC1(C#N)NCC. The zero-order valence-corrected chi connectivity index (χ0v) is 13.1. The monoisotopic (exact) mass is 282 g/mol. The van der Waals surface area contributed by atoms with E-state index in [2.05, 4.69) is 25.2 Å². The Morgan fingerprint density at radius 1 is 1.20 bits per heavy atom. The molecule has 4 nitrogen and oxygen atoms in total. The lowest BCUT2D eigenvalue weighted by Gasteiger charge is -2.29. The average molecular weight is 282 g/mol. The van der Waals surface area contributed by atoms with Gasteiger partial charge in [0.25, 0.3) is 0 Å². The number of ether oxygens (including phenoxy) is 2. The predicted octanol–water partition coefficient (Wildman–Crippen LogP) is 2.88. The summed E-state index contributed by atoms with van der Waals surface area (Å²) in [5, 5.41) is 12.9. The summed E-state index contributed by atoms with van der Waals surface area (Å²) in [7, 11) is 0. The van der Waals surface area contributed by atoms with Gasteiger partial charge in [0, 0.05) is 13.2 Å². The summed E-state index contributed by atoms with van der Waals surface area (Å²) in [4.78, 5) is 0. The largest absolute Gasteiger partial charge is 0.379 e. The lowest BCUT2D eigenvalue weighted by Crippen LogP contribution is -2.47. The van der Waals surface area contributed by atoms with Crippen molar-refractivity contribution in [3.05, 3.63) is 0 Å². The minimum Gasteiger partial charge on any atom is -0.379 e. The highest BCUT2D eigenvalue weighted by Crippen LogP contribution is 2.37. The van der Waals surface area contributed by atoms with Crippen molar-refractivity contribution in [3.63, 3.8) is 0 Å². The Morgan fingerprint density at radius 3 is 2.60 bits per heavy atom. The Morgan fingerprint density at radius 2 is 1.95 bits per heavy atom. The van der Waals surface area contributed by atoms with Crippen molar-refractivity contribution in [2.45, 2.75) is 57.9 Å². The van der Waals surface area contributed by atoms with Gasteiger partial charge in [0.2, 0.25) is 0 Å². The number of nitrogens with zero attached hydrogens (tertiary/aromatic N) is 1. The molecule has 0 heterocycles. The number of nitrogens with one attached hydrogen (secondary N) is 1. The van der Waals surface area contributed by atoms with Crippen molar-refractivity contribution in [2.75, 3.05) is 33.0 Å². The summed E-state index contributed by atoms with van der Waals surface area (Å²) in [6.07, 6.45) is 6.51. The molecule has 1 rings (SSSR count). The molecule has 0 aliphatic heterocycles. The van der Waals surface area contributed by atoms with Crippen LogP contribution in [0.25, 0.3) is 0 Å². The maximum atomic E-state index is 9.47. The van der Waals surface area contributed by atoms with Gasteiger partial charge >= 0.3 is 0 Å². The molecule has 1 N–H and O–H groups in total. The molecule has 0 aromatic heterocycles. The van der Waals surface area contributed by atoms with Gasteiger partial charge in [0.1, 0.15) is 5.54 Å². The fourth-order valence-electron chi connectivity index (χ4n) is 3.00. The van der Waals surface area contributed by atoms with Gasteiger partial charge in [0.15, 0.2) is 0 Å². The second-order valence-corrected chi connectivity index (χ2v) is 5.57. The van der Waals surface area contributed by atoms with E-state index in [-0.39, 0.29) is 5.54 Å². The van der Waals surface area contributed by atoms with Crippen LogP contribution in [-0.4, -0.2) is 38.5 Å². The third-order valence-electron chi connectivity index (χ3n) is 4.14. The van der Waals surface area contributed by atoms with Crippen molar-refractivity contribution in [2.24, 2.45) is 5.92 Å². The summed E-state index contributed by atoms with van der Waals surface area (Å²) >= 11 is 0. The molecular formula is C16H30N2O2. The first kappa shape index (κ1) is 17.4. The molecule has 2 atom stereocenters. The van der Waals surface area contributed by atoms with E-state index < -0.39 is 0 Å². The smallest absolute Gasteiger partial charge is 0.109 e. The summed E-state index contributed by atoms with van der Waals surface area (Å²) in [6.45, 7) is 8.00. The van der Waals surface area contributed by atoms with Crippen LogP contribution in [-0.2, 0) is 9.47 Å². The Labute approximate surface area is 123 Å². The highest BCUT2D eigenvalue weighted by molar-refractivity contribution is 5.13. The lowest BCUT2D eigenvalue weighted by molar-refractivity contribution is 0.0397. The van der Waals surface area contributed by atoms with Gasteiger partial charge in [-0.25, -0.2) is 0 Å². The lowest BCUT2D eigenvalue weighted by atomic mass is 9.86. The van der Waals surface area contributed by atoms with Crippen LogP contribution in [0.5, 0.6) is 0 Å². The van der Waals surface area contributed by atoms with Gasteiger partial charge < -0.3 is 9.47 Å². The van der Waals surface area contributed by atoms with Crippen LogP contribution in [0.2, 0.25) is 0 Å². The third kappa shape index (κ3) is 5.40. The molecule has 0 saturated heterocycles. The number of unbranched alkanes of at least 4 members (excludes halogenated alkanes) is 1. The van der Waals surface area contributed by atoms with Crippen LogP contribution in [0.4, 0.5) is 0 Å². The van der Waals surface area contributed by atoms with E-state index in [0.717, 1.165) is 51.9 Å². The topological polar surface area (TPSA) is 54.3 Å². The minimum absolute atomic E-state index is 0.310. The fourth-order valence-corrected chi connectivity index (χ4v) is 3.00. The van der Waals surface area contributed by atoms with Crippen molar-refractivity contribution in [1.29, 1.82) is 5.26 Å². The van der Waals surface area contributed by atoms with Gasteiger partial charge in [-0.1, -0.05) is 26.7 Å². The van der Waals surface area contributed by atoms with E-state index >= 15 is 0 Å². The summed E-state index contributed by atoms with van der Waals surface area (Å²) < 4.78 is 11.1. The molecule has 1 fully saturated rings. The predicted molar refractivity (Wildman–Crippen MR) is 80.5 cm³/mol. The Balaban J connectivity index is 2.13. The maximum Gasteiger partial charge on any atom is 0.109 e. The van der Waals surface area contributed by atoms with Gasteiger partial charge in [-0.05, 0) is 38.1 Å². The van der Waals surface area contributed by atoms with Crippen molar-refractivity contribution >= 4 is 0 Å². The van der Waals surface area contributed by atoms with Crippen molar-refractivity contribution in [1.82, 2.24) is 5.32 Å². The first-order chi connectivity index (χ1) is 9.79. The summed E-state index contributed by atoms with van der Waals surface area (Å²) in [6, 6.07) is 2.51. The van der Waals surface area contributed by atoms with Crippen LogP contribution in [0, 0.1) is 17.2 Å². The quantitative estimate of drug-likeness (QED) is 0.592. The molecule has 1 aliphatic rings. The van der Waals surface area contributed by atoms with Crippen molar-refractivity contribution in [3.8, 4) is 6.07 Å². The van der Waals surface area contributed by atoms with Gasteiger partial charge in [-0.3, -0.25) is 5.32 Å². The first-order valence-electron chi connectivity index (χ1n) is 8.10. The summed E-state index contributed by atoms with van der Waals surface area (Å²) in [5.41, 5.74) is -0.310. The Hall–Kier alpha value is -0.630. The Bertz CT molecular complexity index is 291. The van der Waals surface area contributed by atoms with Gasteiger partial charge in [-0.2, -0.15) is 5.26 Å². The minimum atomic E-state index is -0.310. The molecule has 0 aromatic carbocycles. The highest BCUT2D eigenvalue weighted by Gasteiger charge is 2.42. The van der Waals surface area contributed by atoms with E-state index in [4.69, 9.17) is 9.47 Å². The van der Waals surface area contributed by atoms with Crippen LogP contribution in [0.3, 0.4) is 0 Å². The van der Waals surface area contributed by atoms with E-state index in [1.54, 1.807) is 0 Å². The third-order valence-corrected chi connectivity index (χ3v) is 4.14. The van der Waals surface area contributed by atoms with E-state index in [1.807, 2.05) is 0 Å². The van der Waals surface area contributed by atoms with Crippen LogP contribution in [0.1, 0.15) is 52.4 Å². The van der Waals surface area contributed by atoms with Crippen molar-refractivity contribution < 1.29 is 9.47 Å². The maximum absolute atomic E-state index is 9.47. The molecule has 1 saturated carbocycles. The average Bonchev–Trinajstić information content (AvgIpc) is 2.86. The Kier molecular flexibility index (Phi) is 8.84. The molecule has 4 heteroatoms. The zero-order chi connectivity index (χ0) is 14.7. The standard InChI is InChI=1S/C16H30N2O2/c1-3-5-10-19-12-13-20-11-8-15-7-6-9-16(15,14-17)18-4-2/h15,18H,3-13H2,1-2H3.